The molecule has 0 radical (unpaired) electrons. The quantitative estimate of drug-likeness (QED) is 0.862. The molecule has 2 heterocycles. The number of nitrogens with zero attached hydrogens (tertiary/aromatic N) is 3. The number of rotatable bonds is 5. The Labute approximate surface area is 162 Å². The third-order valence-corrected chi connectivity index (χ3v) is 5.52. The first kappa shape index (κ1) is 19.7. The third kappa shape index (κ3) is 5.45. The van der Waals surface area contributed by atoms with Crippen molar-refractivity contribution in [3.05, 3.63) is 35.4 Å². The molecule has 3 amide bonds. The SMILES string of the molecule is CCCN1CCC(NC(=O)N2CCN(Cc3cccc(C)c3)C(=O)C2)CC1. The molecule has 1 aromatic carbocycles. The molecule has 2 aliphatic heterocycles. The second kappa shape index (κ2) is 9.22. The second-order valence-corrected chi connectivity index (χ2v) is 7.79. The zero-order valence-electron chi connectivity index (χ0n) is 16.6. The predicted molar refractivity (Wildman–Crippen MR) is 106 cm³/mol. The Morgan fingerprint density at radius 3 is 2.63 bits per heavy atom. The van der Waals surface area contributed by atoms with Gasteiger partial charge in [0, 0.05) is 38.8 Å². The van der Waals surface area contributed by atoms with Gasteiger partial charge in [0.05, 0.1) is 0 Å². The summed E-state index contributed by atoms with van der Waals surface area (Å²) in [6, 6.07) is 8.37. The molecule has 0 aliphatic carbocycles. The second-order valence-electron chi connectivity index (χ2n) is 7.79. The van der Waals surface area contributed by atoms with Crippen LogP contribution in [0.15, 0.2) is 24.3 Å². The minimum Gasteiger partial charge on any atom is -0.335 e. The number of benzene rings is 1. The van der Waals surface area contributed by atoms with Crippen molar-refractivity contribution in [1.82, 2.24) is 20.0 Å². The van der Waals surface area contributed by atoms with Gasteiger partial charge >= 0.3 is 6.03 Å². The smallest absolute Gasteiger partial charge is 0.318 e. The Balaban J connectivity index is 1.45. The van der Waals surface area contributed by atoms with Gasteiger partial charge < -0.3 is 20.0 Å². The normalized spacial score (nSPS) is 19.4. The van der Waals surface area contributed by atoms with Crippen LogP contribution in [0.1, 0.15) is 37.3 Å². The molecular weight excluding hydrogens is 340 g/mol. The summed E-state index contributed by atoms with van der Waals surface area (Å²) in [5.41, 5.74) is 2.34. The van der Waals surface area contributed by atoms with Crippen LogP contribution in [0, 0.1) is 6.92 Å². The van der Waals surface area contributed by atoms with Crippen LogP contribution in [0.2, 0.25) is 0 Å². The summed E-state index contributed by atoms with van der Waals surface area (Å²) in [5.74, 6) is 0.0238. The fourth-order valence-electron chi connectivity index (χ4n) is 3.96. The van der Waals surface area contributed by atoms with Crippen LogP contribution in [-0.4, -0.2) is 71.9 Å². The number of piperidine rings is 1. The van der Waals surface area contributed by atoms with Crippen LogP contribution < -0.4 is 5.32 Å². The van der Waals surface area contributed by atoms with Crippen LogP contribution in [0.3, 0.4) is 0 Å². The third-order valence-electron chi connectivity index (χ3n) is 5.52. The average molecular weight is 373 g/mol. The number of hydrogen-bond acceptors (Lipinski definition) is 3. The van der Waals surface area contributed by atoms with E-state index in [0.29, 0.717) is 19.6 Å². The Hall–Kier alpha value is -2.08. The molecule has 2 saturated heterocycles. The molecule has 6 heteroatoms. The first-order valence-corrected chi connectivity index (χ1v) is 10.2. The van der Waals surface area contributed by atoms with Gasteiger partial charge in [-0.05, 0) is 38.3 Å². The molecule has 3 rings (SSSR count). The van der Waals surface area contributed by atoms with E-state index in [4.69, 9.17) is 0 Å². The number of likely N-dealkylation sites (tertiary alicyclic amines) is 1. The number of amides is 3. The van der Waals surface area contributed by atoms with Gasteiger partial charge in [-0.15, -0.1) is 0 Å². The van der Waals surface area contributed by atoms with Crippen molar-refractivity contribution in [3.63, 3.8) is 0 Å². The molecule has 0 spiro atoms. The molecule has 0 atom stereocenters. The molecule has 1 aromatic rings. The Morgan fingerprint density at radius 1 is 1.19 bits per heavy atom. The van der Waals surface area contributed by atoms with Crippen molar-refractivity contribution in [3.8, 4) is 0 Å². The van der Waals surface area contributed by atoms with Gasteiger partial charge in [0.2, 0.25) is 5.91 Å². The molecule has 0 saturated carbocycles. The summed E-state index contributed by atoms with van der Waals surface area (Å²) in [7, 11) is 0. The van der Waals surface area contributed by atoms with Gasteiger partial charge in [-0.2, -0.15) is 0 Å². The van der Waals surface area contributed by atoms with E-state index in [1.807, 2.05) is 17.0 Å². The summed E-state index contributed by atoms with van der Waals surface area (Å²) in [4.78, 5) is 31.0. The van der Waals surface area contributed by atoms with Crippen LogP contribution in [-0.2, 0) is 11.3 Å². The van der Waals surface area contributed by atoms with E-state index in [9.17, 15) is 9.59 Å². The lowest BCUT2D eigenvalue weighted by molar-refractivity contribution is -0.135. The molecule has 0 aromatic heterocycles. The Kier molecular flexibility index (Phi) is 6.72. The summed E-state index contributed by atoms with van der Waals surface area (Å²) in [6.45, 7) is 9.46. The standard InChI is InChI=1S/C21H32N4O2/c1-3-9-23-10-7-19(8-11-23)22-21(27)25-13-12-24(20(26)16-25)15-18-6-4-5-17(2)14-18/h4-6,14,19H,3,7-13,15-16H2,1-2H3,(H,22,27). The molecule has 148 valence electrons. The van der Waals surface area contributed by atoms with Crippen LogP contribution in [0.25, 0.3) is 0 Å². The molecule has 27 heavy (non-hydrogen) atoms. The van der Waals surface area contributed by atoms with Crippen LogP contribution in [0.4, 0.5) is 4.79 Å². The van der Waals surface area contributed by atoms with Gasteiger partial charge in [0.15, 0.2) is 0 Å². The number of piperazine rings is 1. The van der Waals surface area contributed by atoms with Crippen molar-refractivity contribution in [2.75, 3.05) is 39.3 Å². The van der Waals surface area contributed by atoms with E-state index < -0.39 is 0 Å². The van der Waals surface area contributed by atoms with Crippen LogP contribution in [0.5, 0.6) is 0 Å². The lowest BCUT2D eigenvalue weighted by atomic mass is 10.1. The van der Waals surface area contributed by atoms with E-state index in [2.05, 4.69) is 36.2 Å². The lowest BCUT2D eigenvalue weighted by Gasteiger charge is -2.37. The number of nitrogens with one attached hydrogen (secondary N) is 1. The highest BCUT2D eigenvalue weighted by Gasteiger charge is 2.29. The van der Waals surface area contributed by atoms with E-state index in [1.54, 1.807) is 4.90 Å². The summed E-state index contributed by atoms with van der Waals surface area (Å²) >= 11 is 0. The number of urea groups is 1. The predicted octanol–water partition coefficient (Wildman–Crippen LogP) is 2.22. The topological polar surface area (TPSA) is 55.9 Å². The van der Waals surface area contributed by atoms with Crippen LogP contribution >= 0.6 is 0 Å². The van der Waals surface area contributed by atoms with Crippen molar-refractivity contribution in [2.24, 2.45) is 0 Å². The van der Waals surface area contributed by atoms with Crippen molar-refractivity contribution in [2.45, 2.75) is 45.7 Å². The molecule has 6 nitrogen and oxygen atoms in total. The zero-order chi connectivity index (χ0) is 19.2. The minimum atomic E-state index is -0.0903. The van der Waals surface area contributed by atoms with Crippen molar-refractivity contribution >= 4 is 11.9 Å². The van der Waals surface area contributed by atoms with E-state index in [1.165, 1.54) is 12.0 Å². The number of aryl methyl sites for hydroxylation is 1. The van der Waals surface area contributed by atoms with E-state index in [-0.39, 0.29) is 24.5 Å². The van der Waals surface area contributed by atoms with Gasteiger partial charge in [0.25, 0.3) is 0 Å². The highest BCUT2D eigenvalue weighted by atomic mass is 16.2. The first-order chi connectivity index (χ1) is 13.0. The van der Waals surface area contributed by atoms with Gasteiger partial charge in [-0.3, -0.25) is 4.79 Å². The molecule has 2 fully saturated rings. The Morgan fingerprint density at radius 2 is 1.96 bits per heavy atom. The molecule has 0 unspecified atom stereocenters. The summed E-state index contributed by atoms with van der Waals surface area (Å²) in [5, 5.41) is 3.13. The molecule has 0 bridgehead atoms. The summed E-state index contributed by atoms with van der Waals surface area (Å²) < 4.78 is 0. The van der Waals surface area contributed by atoms with Gasteiger partial charge in [-0.1, -0.05) is 36.8 Å². The molecular formula is C21H32N4O2. The fraction of sp³-hybridized carbons (Fsp3) is 0.619. The van der Waals surface area contributed by atoms with Crippen molar-refractivity contribution < 1.29 is 9.59 Å². The number of carbonyl (C=O) groups excluding carboxylic acids is 2. The fourth-order valence-corrected chi connectivity index (χ4v) is 3.96. The minimum absolute atomic E-state index is 0.0238. The highest BCUT2D eigenvalue weighted by molar-refractivity contribution is 5.85. The maximum atomic E-state index is 12.6. The molecule has 2 aliphatic rings. The maximum Gasteiger partial charge on any atom is 0.318 e. The van der Waals surface area contributed by atoms with Gasteiger partial charge in [0.1, 0.15) is 6.54 Å². The average Bonchev–Trinajstić information content (AvgIpc) is 2.65. The molecule has 1 N–H and O–H groups in total. The zero-order valence-corrected chi connectivity index (χ0v) is 16.6. The van der Waals surface area contributed by atoms with Crippen molar-refractivity contribution in [1.29, 1.82) is 0 Å². The number of hydrogen-bond donors (Lipinski definition) is 1. The maximum absolute atomic E-state index is 12.6. The summed E-state index contributed by atoms with van der Waals surface area (Å²) in [6.07, 6.45) is 3.16. The van der Waals surface area contributed by atoms with Gasteiger partial charge in [-0.25, -0.2) is 4.79 Å². The van der Waals surface area contributed by atoms with E-state index >= 15 is 0 Å². The monoisotopic (exact) mass is 372 g/mol. The van der Waals surface area contributed by atoms with E-state index in [0.717, 1.165) is 38.0 Å². The first-order valence-electron chi connectivity index (χ1n) is 10.2. The highest BCUT2D eigenvalue weighted by Crippen LogP contribution is 2.14. The number of carbonyl (C=O) groups is 2. The largest absolute Gasteiger partial charge is 0.335 e. The lowest BCUT2D eigenvalue weighted by Crippen LogP contribution is -2.56. The Bertz CT molecular complexity index is 655.